The van der Waals surface area contributed by atoms with Gasteiger partial charge in [-0.2, -0.15) is 0 Å². The molecule has 0 radical (unpaired) electrons. The van der Waals surface area contributed by atoms with Crippen molar-refractivity contribution in [1.82, 2.24) is 0 Å². The second-order valence-corrected chi connectivity index (χ2v) is 5.68. The van der Waals surface area contributed by atoms with E-state index in [2.05, 4.69) is 25.2 Å². The van der Waals surface area contributed by atoms with Gasteiger partial charge in [0, 0.05) is 16.8 Å². The van der Waals surface area contributed by atoms with Gasteiger partial charge in [-0.15, -0.1) is 0 Å². The molecular formula is C15H22ClN. The molecule has 2 atom stereocenters. The highest BCUT2D eigenvalue weighted by Crippen LogP contribution is 2.30. The first kappa shape index (κ1) is 12.8. The summed E-state index contributed by atoms with van der Waals surface area (Å²) in [5.74, 6) is 0.911. The number of hydrogen-bond acceptors (Lipinski definition) is 1. The monoisotopic (exact) mass is 251 g/mol. The Bertz CT molecular complexity index is 375. The van der Waals surface area contributed by atoms with Gasteiger partial charge in [-0.3, -0.25) is 0 Å². The lowest BCUT2D eigenvalue weighted by Gasteiger charge is -2.30. The fraction of sp³-hybridized carbons (Fsp3) is 0.600. The van der Waals surface area contributed by atoms with Crippen LogP contribution < -0.4 is 5.32 Å². The molecule has 17 heavy (non-hydrogen) atoms. The van der Waals surface area contributed by atoms with Crippen LogP contribution in [0.25, 0.3) is 0 Å². The van der Waals surface area contributed by atoms with Gasteiger partial charge in [-0.1, -0.05) is 37.8 Å². The summed E-state index contributed by atoms with van der Waals surface area (Å²) in [4.78, 5) is 0. The number of nitrogens with one attached hydrogen (secondary N) is 1. The number of hydrogen-bond donors (Lipinski definition) is 1. The molecule has 0 spiro atoms. The summed E-state index contributed by atoms with van der Waals surface area (Å²) in [5.41, 5.74) is 2.49. The second-order valence-electron chi connectivity index (χ2n) is 5.24. The van der Waals surface area contributed by atoms with Crippen molar-refractivity contribution in [3.63, 3.8) is 0 Å². The quantitative estimate of drug-likeness (QED) is 0.795. The molecule has 0 bridgehead atoms. The van der Waals surface area contributed by atoms with Crippen molar-refractivity contribution < 1.29 is 0 Å². The fourth-order valence-electron chi connectivity index (χ4n) is 2.80. The minimum atomic E-state index is 0.647. The highest BCUT2D eigenvalue weighted by Gasteiger charge is 2.20. The van der Waals surface area contributed by atoms with Crippen LogP contribution in [0.2, 0.25) is 5.02 Å². The van der Waals surface area contributed by atoms with Gasteiger partial charge in [0.1, 0.15) is 0 Å². The summed E-state index contributed by atoms with van der Waals surface area (Å²) < 4.78 is 0. The first-order chi connectivity index (χ1) is 8.19. The molecule has 1 fully saturated rings. The zero-order chi connectivity index (χ0) is 12.3. The Balaban J connectivity index is 2.00. The fourth-order valence-corrected chi connectivity index (χ4v) is 3.03. The van der Waals surface area contributed by atoms with Crippen molar-refractivity contribution in [2.24, 2.45) is 5.92 Å². The summed E-state index contributed by atoms with van der Waals surface area (Å²) in [6.45, 7) is 4.43. The zero-order valence-corrected chi connectivity index (χ0v) is 11.6. The van der Waals surface area contributed by atoms with Crippen LogP contribution in [0.5, 0.6) is 0 Å². The van der Waals surface area contributed by atoms with Gasteiger partial charge in [-0.25, -0.2) is 0 Å². The minimum absolute atomic E-state index is 0.647. The minimum Gasteiger partial charge on any atom is -0.382 e. The number of anilines is 1. The van der Waals surface area contributed by atoms with E-state index < -0.39 is 0 Å². The van der Waals surface area contributed by atoms with Crippen LogP contribution in [0.15, 0.2) is 18.2 Å². The average molecular weight is 252 g/mol. The molecule has 0 saturated heterocycles. The third kappa shape index (κ3) is 3.38. The molecule has 1 aromatic carbocycles. The molecule has 1 aliphatic carbocycles. The smallest absolute Gasteiger partial charge is 0.0410 e. The van der Waals surface area contributed by atoms with Crippen molar-refractivity contribution in [3.05, 3.63) is 28.8 Å². The van der Waals surface area contributed by atoms with Gasteiger partial charge < -0.3 is 5.32 Å². The molecule has 1 aliphatic rings. The summed E-state index contributed by atoms with van der Waals surface area (Å²) in [6, 6.07) is 6.75. The van der Waals surface area contributed by atoms with Crippen molar-refractivity contribution in [3.8, 4) is 0 Å². The lowest BCUT2D eigenvalue weighted by Crippen LogP contribution is -2.27. The molecule has 2 rings (SSSR count). The lowest BCUT2D eigenvalue weighted by molar-refractivity contribution is 0.327. The Labute approximate surface area is 110 Å². The molecule has 1 saturated carbocycles. The van der Waals surface area contributed by atoms with E-state index in [4.69, 9.17) is 11.6 Å². The van der Waals surface area contributed by atoms with E-state index in [1.54, 1.807) is 0 Å². The molecule has 1 N–H and O–H groups in total. The molecule has 1 nitrogen and oxygen atoms in total. The second kappa shape index (κ2) is 5.77. The Kier molecular flexibility index (Phi) is 4.33. The van der Waals surface area contributed by atoms with Crippen LogP contribution in [0.3, 0.4) is 0 Å². The van der Waals surface area contributed by atoms with Crippen LogP contribution in [0.1, 0.15) is 44.6 Å². The summed E-state index contributed by atoms with van der Waals surface area (Å²) in [5, 5.41) is 4.50. The Morgan fingerprint density at radius 3 is 2.88 bits per heavy atom. The first-order valence-corrected chi connectivity index (χ1v) is 7.09. The maximum Gasteiger partial charge on any atom is 0.0410 e. The van der Waals surface area contributed by atoms with Gasteiger partial charge in [-0.05, 0) is 49.4 Å². The predicted octanol–water partition coefficient (Wildman–Crippen LogP) is 5.03. The van der Waals surface area contributed by atoms with Gasteiger partial charge in [0.2, 0.25) is 0 Å². The molecular weight excluding hydrogens is 230 g/mol. The van der Waals surface area contributed by atoms with Crippen molar-refractivity contribution in [2.75, 3.05) is 5.32 Å². The van der Waals surface area contributed by atoms with E-state index in [0.717, 1.165) is 10.9 Å². The number of aryl methyl sites for hydroxylation is 1. The lowest BCUT2D eigenvalue weighted by atomic mass is 9.84. The van der Waals surface area contributed by atoms with E-state index in [1.165, 1.54) is 43.4 Å². The number of rotatable bonds is 3. The Hall–Kier alpha value is -0.690. The highest BCUT2D eigenvalue weighted by atomic mass is 35.5. The molecule has 0 heterocycles. The molecule has 0 amide bonds. The molecule has 94 valence electrons. The van der Waals surface area contributed by atoms with E-state index in [-0.39, 0.29) is 0 Å². The van der Waals surface area contributed by atoms with Gasteiger partial charge in [0.25, 0.3) is 0 Å². The van der Waals surface area contributed by atoms with E-state index >= 15 is 0 Å². The van der Waals surface area contributed by atoms with E-state index in [0.29, 0.717) is 6.04 Å². The predicted molar refractivity (Wildman–Crippen MR) is 75.8 cm³/mol. The van der Waals surface area contributed by atoms with E-state index in [9.17, 15) is 0 Å². The van der Waals surface area contributed by atoms with Crippen molar-refractivity contribution in [2.45, 2.75) is 52.0 Å². The molecule has 2 unspecified atom stereocenters. The highest BCUT2D eigenvalue weighted by molar-refractivity contribution is 6.30. The standard InChI is InChI=1S/C15H22ClN/c1-3-12-5-4-6-14(10-12)17-15-8-7-13(16)9-11(15)2/h7-9,12,14,17H,3-6,10H2,1-2H3. The maximum atomic E-state index is 5.98. The topological polar surface area (TPSA) is 12.0 Å². The average Bonchev–Trinajstić information content (AvgIpc) is 2.33. The van der Waals surface area contributed by atoms with Crippen molar-refractivity contribution >= 4 is 17.3 Å². The van der Waals surface area contributed by atoms with Gasteiger partial charge in [0.05, 0.1) is 0 Å². The van der Waals surface area contributed by atoms with Crippen LogP contribution in [-0.4, -0.2) is 6.04 Å². The molecule has 1 aromatic rings. The Morgan fingerprint density at radius 2 is 2.18 bits per heavy atom. The Morgan fingerprint density at radius 1 is 1.35 bits per heavy atom. The maximum absolute atomic E-state index is 5.98. The zero-order valence-electron chi connectivity index (χ0n) is 10.8. The van der Waals surface area contributed by atoms with Gasteiger partial charge in [0.15, 0.2) is 0 Å². The molecule has 2 heteroatoms. The van der Waals surface area contributed by atoms with Crippen LogP contribution in [-0.2, 0) is 0 Å². The summed E-state index contributed by atoms with van der Waals surface area (Å²) in [7, 11) is 0. The molecule has 0 aliphatic heterocycles. The van der Waals surface area contributed by atoms with Gasteiger partial charge >= 0.3 is 0 Å². The SMILES string of the molecule is CCC1CCCC(Nc2ccc(Cl)cc2C)C1. The van der Waals surface area contributed by atoms with Crippen LogP contribution in [0.4, 0.5) is 5.69 Å². The summed E-state index contributed by atoms with van der Waals surface area (Å²) >= 11 is 5.98. The van der Waals surface area contributed by atoms with E-state index in [1.807, 2.05) is 12.1 Å². The third-order valence-corrected chi connectivity index (χ3v) is 4.14. The third-order valence-electron chi connectivity index (χ3n) is 3.91. The van der Waals surface area contributed by atoms with Crippen LogP contribution in [0, 0.1) is 12.8 Å². The van der Waals surface area contributed by atoms with Crippen molar-refractivity contribution in [1.29, 1.82) is 0 Å². The first-order valence-electron chi connectivity index (χ1n) is 6.71. The molecule has 0 aromatic heterocycles. The summed E-state index contributed by atoms with van der Waals surface area (Å²) in [6.07, 6.45) is 6.71. The normalized spacial score (nSPS) is 24.6. The number of benzene rings is 1. The largest absolute Gasteiger partial charge is 0.382 e. The van der Waals surface area contributed by atoms with Crippen LogP contribution >= 0.6 is 11.6 Å². The number of halogens is 1.